The number of aliphatic hydroxyl groups is 2. The van der Waals surface area contributed by atoms with E-state index in [2.05, 4.69) is 20.4 Å². The Morgan fingerprint density at radius 1 is 1.28 bits per heavy atom. The number of nitrogens with one attached hydrogen (secondary N) is 1. The van der Waals surface area contributed by atoms with E-state index in [4.69, 9.17) is 11.6 Å². The molecule has 3 aromatic heterocycles. The molecule has 4 aromatic rings. The molecule has 1 aromatic carbocycles. The Bertz CT molecular complexity index is 1230. The number of fused-ring (bicyclic) bond motifs is 2. The standard InChI is InChI=1S/C19H19ClN6O3/c1-25-7-13(19(29)22-11(8-27)9-28)17-18(25)21-6-14(23-17)16-12-4-3-10(20)5-15(12)26(2)24-16/h3-7,11,27-28H,8-9H2,1-2H3,(H,22,29). The van der Waals surface area contributed by atoms with Gasteiger partial charge < -0.3 is 20.1 Å². The first kappa shape index (κ1) is 19.3. The molecule has 0 saturated carbocycles. The number of carbonyl (C=O) groups is 1. The third kappa shape index (κ3) is 3.33. The average Bonchev–Trinajstić information content (AvgIpc) is 3.22. The number of aromatic nitrogens is 5. The van der Waals surface area contributed by atoms with E-state index in [0.717, 1.165) is 10.9 Å². The molecular weight excluding hydrogens is 396 g/mol. The molecular formula is C19H19ClN6O3. The van der Waals surface area contributed by atoms with E-state index in [1.807, 2.05) is 19.2 Å². The average molecular weight is 415 g/mol. The normalized spacial score (nSPS) is 11.7. The monoisotopic (exact) mass is 414 g/mol. The van der Waals surface area contributed by atoms with Crippen LogP contribution in [-0.4, -0.2) is 59.7 Å². The predicted octanol–water partition coefficient (Wildman–Crippen LogP) is 1.26. The fraction of sp³-hybridized carbons (Fsp3) is 0.263. The molecule has 3 N–H and O–H groups in total. The lowest BCUT2D eigenvalue weighted by molar-refractivity contribution is 0.0880. The maximum absolute atomic E-state index is 12.7. The highest BCUT2D eigenvalue weighted by molar-refractivity contribution is 6.31. The Morgan fingerprint density at radius 2 is 2.03 bits per heavy atom. The number of rotatable bonds is 5. The molecule has 0 aliphatic carbocycles. The van der Waals surface area contributed by atoms with Crippen LogP contribution >= 0.6 is 11.6 Å². The number of carbonyl (C=O) groups excluding carboxylic acids is 1. The first-order valence-electron chi connectivity index (χ1n) is 8.90. The zero-order chi connectivity index (χ0) is 20.7. The summed E-state index contributed by atoms with van der Waals surface area (Å²) >= 11 is 6.10. The molecule has 0 aliphatic rings. The summed E-state index contributed by atoms with van der Waals surface area (Å²) in [5, 5.41) is 27.1. The Balaban J connectivity index is 1.83. The van der Waals surface area contributed by atoms with Crippen LogP contribution in [0, 0.1) is 0 Å². The van der Waals surface area contributed by atoms with Gasteiger partial charge in [-0.3, -0.25) is 9.48 Å². The van der Waals surface area contributed by atoms with Crippen molar-refractivity contribution in [2.75, 3.05) is 13.2 Å². The summed E-state index contributed by atoms with van der Waals surface area (Å²) in [6.45, 7) is -0.737. The minimum Gasteiger partial charge on any atom is -0.394 e. The third-order valence-electron chi connectivity index (χ3n) is 4.74. The van der Waals surface area contributed by atoms with E-state index < -0.39 is 11.9 Å². The highest BCUT2D eigenvalue weighted by Crippen LogP contribution is 2.29. The van der Waals surface area contributed by atoms with Gasteiger partial charge in [-0.2, -0.15) is 5.10 Å². The van der Waals surface area contributed by atoms with Crippen molar-refractivity contribution in [3.63, 3.8) is 0 Å². The second-order valence-electron chi connectivity index (χ2n) is 6.75. The van der Waals surface area contributed by atoms with Gasteiger partial charge in [0.15, 0.2) is 5.65 Å². The van der Waals surface area contributed by atoms with Gasteiger partial charge in [0.25, 0.3) is 5.91 Å². The Kier molecular flexibility index (Phi) is 4.95. The van der Waals surface area contributed by atoms with Crippen molar-refractivity contribution in [2.24, 2.45) is 14.1 Å². The lowest BCUT2D eigenvalue weighted by Crippen LogP contribution is -2.40. The SMILES string of the molecule is Cn1cc(C(=O)NC(CO)CO)c2nc(-c3nn(C)c4cc(Cl)ccc34)cnc21. The number of aryl methyl sites for hydroxylation is 2. The summed E-state index contributed by atoms with van der Waals surface area (Å²) in [5.74, 6) is -0.451. The lowest BCUT2D eigenvalue weighted by atomic mass is 10.1. The number of aliphatic hydroxyl groups excluding tert-OH is 2. The van der Waals surface area contributed by atoms with Gasteiger partial charge in [-0.1, -0.05) is 11.6 Å². The van der Waals surface area contributed by atoms with Gasteiger partial charge in [0, 0.05) is 30.7 Å². The molecule has 0 fully saturated rings. The van der Waals surface area contributed by atoms with E-state index >= 15 is 0 Å². The zero-order valence-electron chi connectivity index (χ0n) is 15.8. The molecule has 9 nitrogen and oxygen atoms in total. The van der Waals surface area contributed by atoms with E-state index in [-0.39, 0.29) is 13.2 Å². The summed E-state index contributed by atoms with van der Waals surface area (Å²) in [4.78, 5) is 21.8. The fourth-order valence-electron chi connectivity index (χ4n) is 3.25. The second-order valence-corrected chi connectivity index (χ2v) is 7.19. The summed E-state index contributed by atoms with van der Waals surface area (Å²) in [5.41, 5.74) is 3.25. The topological polar surface area (TPSA) is 118 Å². The molecule has 0 saturated heterocycles. The van der Waals surface area contributed by atoms with Gasteiger partial charge in [-0.05, 0) is 18.2 Å². The van der Waals surface area contributed by atoms with Crippen LogP contribution in [-0.2, 0) is 14.1 Å². The van der Waals surface area contributed by atoms with Crippen LogP contribution in [0.2, 0.25) is 5.02 Å². The zero-order valence-corrected chi connectivity index (χ0v) is 16.6. The summed E-state index contributed by atoms with van der Waals surface area (Å²) in [6, 6.07) is 4.73. The number of nitrogens with zero attached hydrogens (tertiary/aromatic N) is 5. The van der Waals surface area contributed by atoms with E-state index in [1.165, 1.54) is 0 Å². The van der Waals surface area contributed by atoms with Crippen LogP contribution in [0.5, 0.6) is 0 Å². The van der Waals surface area contributed by atoms with Crippen molar-refractivity contribution >= 4 is 39.6 Å². The first-order valence-corrected chi connectivity index (χ1v) is 9.28. The van der Waals surface area contributed by atoms with Crippen molar-refractivity contribution in [1.82, 2.24) is 29.6 Å². The summed E-state index contributed by atoms with van der Waals surface area (Å²) < 4.78 is 3.42. The van der Waals surface area contributed by atoms with Gasteiger partial charge >= 0.3 is 0 Å². The highest BCUT2D eigenvalue weighted by atomic mass is 35.5. The van der Waals surface area contributed by atoms with Gasteiger partial charge in [0.05, 0.1) is 36.5 Å². The van der Waals surface area contributed by atoms with Gasteiger partial charge in [-0.15, -0.1) is 0 Å². The Hall–Kier alpha value is -3.01. The van der Waals surface area contributed by atoms with Crippen molar-refractivity contribution in [1.29, 1.82) is 0 Å². The van der Waals surface area contributed by atoms with E-state index in [9.17, 15) is 15.0 Å². The third-order valence-corrected chi connectivity index (χ3v) is 4.98. The number of hydrogen-bond donors (Lipinski definition) is 3. The van der Waals surface area contributed by atoms with Gasteiger partial charge in [0.2, 0.25) is 0 Å². The van der Waals surface area contributed by atoms with Crippen LogP contribution < -0.4 is 5.32 Å². The Morgan fingerprint density at radius 3 is 2.76 bits per heavy atom. The minimum atomic E-state index is -0.751. The molecule has 29 heavy (non-hydrogen) atoms. The molecule has 0 radical (unpaired) electrons. The number of halogens is 1. The van der Waals surface area contributed by atoms with Crippen molar-refractivity contribution < 1.29 is 15.0 Å². The molecule has 10 heteroatoms. The summed E-state index contributed by atoms with van der Waals surface area (Å²) in [7, 11) is 3.58. The van der Waals surface area contributed by atoms with Crippen LogP contribution in [0.1, 0.15) is 10.4 Å². The molecule has 0 unspecified atom stereocenters. The largest absolute Gasteiger partial charge is 0.394 e. The van der Waals surface area contributed by atoms with Crippen LogP contribution in [0.15, 0.2) is 30.6 Å². The first-order chi connectivity index (χ1) is 13.9. The van der Waals surface area contributed by atoms with Crippen molar-refractivity contribution in [2.45, 2.75) is 6.04 Å². The molecule has 150 valence electrons. The maximum atomic E-state index is 12.7. The lowest BCUT2D eigenvalue weighted by Gasteiger charge is -2.12. The van der Waals surface area contributed by atoms with Crippen LogP contribution in [0.4, 0.5) is 0 Å². The molecule has 3 heterocycles. The highest BCUT2D eigenvalue weighted by Gasteiger charge is 2.21. The fourth-order valence-corrected chi connectivity index (χ4v) is 3.42. The number of benzene rings is 1. The van der Waals surface area contributed by atoms with Gasteiger partial charge in [0.1, 0.15) is 16.9 Å². The quantitative estimate of drug-likeness (QED) is 0.452. The van der Waals surface area contributed by atoms with Crippen LogP contribution in [0.3, 0.4) is 0 Å². The predicted molar refractivity (Wildman–Crippen MR) is 109 cm³/mol. The second kappa shape index (κ2) is 7.43. The molecule has 4 rings (SSSR count). The Labute approximate surface area is 170 Å². The van der Waals surface area contributed by atoms with Crippen molar-refractivity contribution in [3.05, 3.63) is 41.2 Å². The molecule has 0 spiro atoms. The van der Waals surface area contributed by atoms with Gasteiger partial charge in [-0.25, -0.2) is 9.97 Å². The number of amides is 1. The van der Waals surface area contributed by atoms with E-state index in [1.54, 1.807) is 34.8 Å². The summed E-state index contributed by atoms with van der Waals surface area (Å²) in [6.07, 6.45) is 3.23. The number of hydrogen-bond acceptors (Lipinski definition) is 6. The molecule has 0 bridgehead atoms. The van der Waals surface area contributed by atoms with E-state index in [0.29, 0.717) is 33.1 Å². The maximum Gasteiger partial charge on any atom is 0.255 e. The molecule has 0 aliphatic heterocycles. The minimum absolute atomic E-state index is 0.298. The molecule has 1 amide bonds. The van der Waals surface area contributed by atoms with Crippen LogP contribution in [0.25, 0.3) is 33.5 Å². The molecule has 0 atom stereocenters. The smallest absolute Gasteiger partial charge is 0.255 e. The van der Waals surface area contributed by atoms with Crippen molar-refractivity contribution in [3.8, 4) is 11.4 Å².